The first-order valence-corrected chi connectivity index (χ1v) is 8.76. The van der Waals surface area contributed by atoms with Crippen molar-refractivity contribution in [3.8, 4) is 11.3 Å². The molecule has 3 aromatic rings. The van der Waals surface area contributed by atoms with Gasteiger partial charge in [-0.05, 0) is 42.5 Å². The van der Waals surface area contributed by atoms with Crippen LogP contribution < -0.4 is 5.32 Å². The molecule has 0 unspecified atom stereocenters. The highest BCUT2D eigenvalue weighted by Crippen LogP contribution is 2.35. The van der Waals surface area contributed by atoms with Gasteiger partial charge in [0.15, 0.2) is 0 Å². The van der Waals surface area contributed by atoms with E-state index in [1.54, 1.807) is 12.1 Å². The van der Waals surface area contributed by atoms with Crippen LogP contribution in [0.4, 0.5) is 10.2 Å². The molecule has 1 N–H and O–H groups in total. The molecular formula is C19H21FN4O. The molecule has 1 aliphatic carbocycles. The highest BCUT2D eigenvalue weighted by Gasteiger charge is 2.28. The van der Waals surface area contributed by atoms with Gasteiger partial charge in [-0.15, -0.1) is 0 Å². The lowest BCUT2D eigenvalue weighted by Crippen LogP contribution is -2.35. The van der Waals surface area contributed by atoms with Crippen LogP contribution in [-0.4, -0.2) is 21.2 Å². The Morgan fingerprint density at radius 3 is 2.72 bits per heavy atom. The summed E-state index contributed by atoms with van der Waals surface area (Å²) in [6.07, 6.45) is 5.09. The summed E-state index contributed by atoms with van der Waals surface area (Å²) in [4.78, 5) is 8.62. The molecule has 0 spiro atoms. The lowest BCUT2D eigenvalue weighted by atomic mass is 9.78. The summed E-state index contributed by atoms with van der Waals surface area (Å²) in [5, 5.41) is 8.48. The molecule has 1 aliphatic rings. The SMILES string of the molecule is C[C@@H]1[C@@H](C)CCC[C@H]1Nc1ncnc2onc(-c3ccc(F)cc3)c12. The van der Waals surface area contributed by atoms with Crippen LogP contribution in [-0.2, 0) is 0 Å². The Morgan fingerprint density at radius 1 is 1.12 bits per heavy atom. The first-order valence-electron chi connectivity index (χ1n) is 8.76. The number of hydrogen-bond donors (Lipinski definition) is 1. The molecule has 130 valence electrons. The third kappa shape index (κ3) is 2.97. The maximum atomic E-state index is 13.2. The smallest absolute Gasteiger partial charge is 0.263 e. The summed E-state index contributed by atoms with van der Waals surface area (Å²) in [6, 6.07) is 6.57. The van der Waals surface area contributed by atoms with Crippen molar-refractivity contribution in [1.29, 1.82) is 0 Å². The third-order valence-corrected chi connectivity index (χ3v) is 5.42. The van der Waals surface area contributed by atoms with Crippen molar-refractivity contribution >= 4 is 16.9 Å². The predicted octanol–water partition coefficient (Wildman–Crippen LogP) is 4.66. The number of hydrogen-bond acceptors (Lipinski definition) is 5. The van der Waals surface area contributed by atoms with Crippen molar-refractivity contribution in [2.75, 3.05) is 5.32 Å². The number of rotatable bonds is 3. The second-order valence-corrected chi connectivity index (χ2v) is 6.96. The molecule has 0 amide bonds. The van der Waals surface area contributed by atoms with Gasteiger partial charge in [-0.1, -0.05) is 31.8 Å². The van der Waals surface area contributed by atoms with E-state index in [2.05, 4.69) is 34.3 Å². The topological polar surface area (TPSA) is 63.8 Å². The number of halogens is 1. The number of benzene rings is 1. The summed E-state index contributed by atoms with van der Waals surface area (Å²) < 4.78 is 18.6. The van der Waals surface area contributed by atoms with Crippen molar-refractivity contribution in [3.63, 3.8) is 0 Å². The van der Waals surface area contributed by atoms with Gasteiger partial charge < -0.3 is 9.84 Å². The Hall–Kier alpha value is -2.50. The van der Waals surface area contributed by atoms with Gasteiger partial charge in [0.2, 0.25) is 0 Å². The summed E-state index contributed by atoms with van der Waals surface area (Å²) in [5.74, 6) is 1.70. The fraction of sp³-hybridized carbons (Fsp3) is 0.421. The number of aromatic nitrogens is 3. The van der Waals surface area contributed by atoms with Gasteiger partial charge >= 0.3 is 0 Å². The van der Waals surface area contributed by atoms with Crippen molar-refractivity contribution < 1.29 is 8.91 Å². The third-order valence-electron chi connectivity index (χ3n) is 5.42. The Kier molecular flexibility index (Phi) is 4.11. The van der Waals surface area contributed by atoms with Crippen molar-refractivity contribution in [2.24, 2.45) is 11.8 Å². The first kappa shape index (κ1) is 16.0. The largest absolute Gasteiger partial charge is 0.366 e. The Bertz CT molecular complexity index is 877. The quantitative estimate of drug-likeness (QED) is 0.751. The van der Waals surface area contributed by atoms with Crippen LogP contribution in [0.1, 0.15) is 33.1 Å². The molecular weight excluding hydrogens is 319 g/mol. The summed E-state index contributed by atoms with van der Waals surface area (Å²) >= 11 is 0. The lowest BCUT2D eigenvalue weighted by Gasteiger charge is -2.35. The molecule has 2 heterocycles. The van der Waals surface area contributed by atoms with Crippen LogP contribution in [0.5, 0.6) is 0 Å². The van der Waals surface area contributed by atoms with Gasteiger partial charge in [0.25, 0.3) is 5.71 Å². The zero-order chi connectivity index (χ0) is 17.4. The number of nitrogens with zero attached hydrogens (tertiary/aromatic N) is 3. The number of fused-ring (bicyclic) bond motifs is 1. The molecule has 5 nitrogen and oxygen atoms in total. The number of anilines is 1. The predicted molar refractivity (Wildman–Crippen MR) is 94.6 cm³/mol. The average Bonchev–Trinajstić information content (AvgIpc) is 3.05. The van der Waals surface area contributed by atoms with Crippen LogP contribution in [0.3, 0.4) is 0 Å². The van der Waals surface area contributed by atoms with E-state index >= 15 is 0 Å². The van der Waals surface area contributed by atoms with Crippen molar-refractivity contribution in [1.82, 2.24) is 15.1 Å². The molecule has 0 radical (unpaired) electrons. The highest BCUT2D eigenvalue weighted by molar-refractivity contribution is 5.97. The lowest BCUT2D eigenvalue weighted by molar-refractivity contribution is 0.253. The second kappa shape index (κ2) is 6.43. The average molecular weight is 340 g/mol. The van der Waals surface area contributed by atoms with Gasteiger partial charge in [-0.3, -0.25) is 0 Å². The minimum atomic E-state index is -0.281. The van der Waals surface area contributed by atoms with E-state index in [9.17, 15) is 4.39 Å². The van der Waals surface area contributed by atoms with Crippen molar-refractivity contribution in [3.05, 3.63) is 36.4 Å². The maximum Gasteiger partial charge on any atom is 0.263 e. The molecule has 2 aromatic heterocycles. The van der Waals surface area contributed by atoms with Gasteiger partial charge in [-0.2, -0.15) is 4.98 Å². The molecule has 3 atom stereocenters. The van der Waals surface area contributed by atoms with Crippen LogP contribution in [0.2, 0.25) is 0 Å². The van der Waals surface area contributed by atoms with E-state index in [-0.39, 0.29) is 5.82 Å². The van der Waals surface area contributed by atoms with E-state index in [4.69, 9.17) is 4.52 Å². The van der Waals surface area contributed by atoms with Crippen LogP contribution >= 0.6 is 0 Å². The fourth-order valence-electron chi connectivity index (χ4n) is 3.66. The Labute approximate surface area is 145 Å². The zero-order valence-electron chi connectivity index (χ0n) is 14.4. The minimum Gasteiger partial charge on any atom is -0.366 e. The molecule has 1 saturated carbocycles. The summed E-state index contributed by atoms with van der Waals surface area (Å²) in [7, 11) is 0. The molecule has 0 bridgehead atoms. The van der Waals surface area contributed by atoms with Crippen molar-refractivity contribution in [2.45, 2.75) is 39.2 Å². The summed E-state index contributed by atoms with van der Waals surface area (Å²) in [5.41, 5.74) is 1.85. The molecule has 1 fully saturated rings. The fourth-order valence-corrected chi connectivity index (χ4v) is 3.66. The van der Waals surface area contributed by atoms with Crippen LogP contribution in [0.15, 0.2) is 35.1 Å². The van der Waals surface area contributed by atoms with E-state index < -0.39 is 0 Å². The molecule has 0 aliphatic heterocycles. The van der Waals surface area contributed by atoms with Crippen LogP contribution in [0.25, 0.3) is 22.4 Å². The Morgan fingerprint density at radius 2 is 1.92 bits per heavy atom. The van der Waals surface area contributed by atoms with E-state index in [0.29, 0.717) is 29.3 Å². The second-order valence-electron chi connectivity index (χ2n) is 6.96. The van der Waals surface area contributed by atoms with E-state index in [0.717, 1.165) is 23.2 Å². The van der Waals surface area contributed by atoms with E-state index in [1.807, 2.05) is 0 Å². The van der Waals surface area contributed by atoms with E-state index in [1.165, 1.54) is 31.3 Å². The maximum absolute atomic E-state index is 13.2. The van der Waals surface area contributed by atoms with Gasteiger partial charge in [0, 0.05) is 11.6 Å². The standard InChI is InChI=1S/C19H21FN4O/c1-11-4-3-5-15(12(11)2)23-18-16-17(13-6-8-14(20)9-7-13)24-25-19(16)22-10-21-18/h6-12,15H,3-5H2,1-2H3,(H,21,22,23)/t11-,12+,15+/m0/s1. The molecule has 4 rings (SSSR count). The summed E-state index contributed by atoms with van der Waals surface area (Å²) in [6.45, 7) is 4.59. The Balaban J connectivity index is 1.74. The normalized spacial score (nSPS) is 23.7. The first-order chi connectivity index (χ1) is 12.1. The highest BCUT2D eigenvalue weighted by atomic mass is 19.1. The van der Waals surface area contributed by atoms with Gasteiger partial charge in [-0.25, -0.2) is 9.37 Å². The minimum absolute atomic E-state index is 0.281. The molecule has 6 heteroatoms. The number of nitrogens with one attached hydrogen (secondary N) is 1. The monoisotopic (exact) mass is 340 g/mol. The molecule has 1 aromatic carbocycles. The van der Waals surface area contributed by atoms with Crippen LogP contribution in [0, 0.1) is 17.7 Å². The van der Waals surface area contributed by atoms with Gasteiger partial charge in [0.05, 0.1) is 0 Å². The zero-order valence-corrected chi connectivity index (χ0v) is 14.4. The molecule has 25 heavy (non-hydrogen) atoms. The van der Waals surface area contributed by atoms with Gasteiger partial charge in [0.1, 0.15) is 29.0 Å². The molecule has 0 saturated heterocycles.